The summed E-state index contributed by atoms with van der Waals surface area (Å²) in [7, 11) is 0. The Morgan fingerprint density at radius 1 is 1.44 bits per heavy atom. The smallest absolute Gasteiger partial charge is 0.150 e. The molecule has 0 spiro atoms. The van der Waals surface area contributed by atoms with Crippen molar-refractivity contribution in [2.45, 2.75) is 32.7 Å². The molecule has 1 aliphatic heterocycles. The third-order valence-electron chi connectivity index (χ3n) is 3.96. The summed E-state index contributed by atoms with van der Waals surface area (Å²) in [5.41, 5.74) is 2.12. The Balaban J connectivity index is 2.38. The zero-order valence-electron chi connectivity index (χ0n) is 10.9. The minimum absolute atomic E-state index is 0.438. The number of nitriles is 1. The van der Waals surface area contributed by atoms with Gasteiger partial charge in [0.1, 0.15) is 12.4 Å². The van der Waals surface area contributed by atoms with E-state index in [1.54, 1.807) is 12.1 Å². The molecule has 2 unspecified atom stereocenters. The molecule has 1 aliphatic rings. The lowest BCUT2D eigenvalue weighted by molar-refractivity contribution is 0.112. The average molecular weight is 242 g/mol. The van der Waals surface area contributed by atoms with Crippen LogP contribution < -0.4 is 4.90 Å². The van der Waals surface area contributed by atoms with Crippen LogP contribution in [0.5, 0.6) is 0 Å². The van der Waals surface area contributed by atoms with Crippen molar-refractivity contribution < 1.29 is 4.79 Å². The van der Waals surface area contributed by atoms with Crippen molar-refractivity contribution in [2.24, 2.45) is 5.92 Å². The zero-order valence-corrected chi connectivity index (χ0v) is 10.9. The Morgan fingerprint density at radius 2 is 2.22 bits per heavy atom. The molecule has 1 fully saturated rings. The maximum absolute atomic E-state index is 10.8. The summed E-state index contributed by atoms with van der Waals surface area (Å²) in [6.45, 7) is 5.45. The topological polar surface area (TPSA) is 44.1 Å². The van der Waals surface area contributed by atoms with Crippen molar-refractivity contribution in [1.82, 2.24) is 0 Å². The number of carbonyl (C=O) groups excluding carboxylic acids is 1. The highest BCUT2D eigenvalue weighted by Crippen LogP contribution is 2.30. The highest BCUT2D eigenvalue weighted by Gasteiger charge is 2.26. The molecule has 94 valence electrons. The van der Waals surface area contributed by atoms with E-state index in [0.29, 0.717) is 23.1 Å². The van der Waals surface area contributed by atoms with Gasteiger partial charge in [0.2, 0.25) is 0 Å². The van der Waals surface area contributed by atoms with E-state index in [9.17, 15) is 10.1 Å². The van der Waals surface area contributed by atoms with E-state index in [1.807, 2.05) is 6.07 Å². The molecule has 0 aromatic heterocycles. The van der Waals surface area contributed by atoms with Gasteiger partial charge < -0.3 is 4.90 Å². The van der Waals surface area contributed by atoms with Gasteiger partial charge in [0, 0.05) is 18.2 Å². The fraction of sp³-hybridized carbons (Fsp3) is 0.467. The molecule has 3 heteroatoms. The van der Waals surface area contributed by atoms with Crippen molar-refractivity contribution in [3.8, 4) is 6.07 Å². The molecule has 0 bridgehead atoms. The van der Waals surface area contributed by atoms with E-state index in [0.717, 1.165) is 24.9 Å². The quantitative estimate of drug-likeness (QED) is 0.749. The van der Waals surface area contributed by atoms with Crippen LogP contribution >= 0.6 is 0 Å². The van der Waals surface area contributed by atoms with Gasteiger partial charge in [0.25, 0.3) is 0 Å². The lowest BCUT2D eigenvalue weighted by Gasteiger charge is -2.40. The maximum Gasteiger partial charge on any atom is 0.150 e. The highest BCUT2D eigenvalue weighted by molar-refractivity contribution is 5.78. The van der Waals surface area contributed by atoms with Crippen LogP contribution in [0.2, 0.25) is 0 Å². The van der Waals surface area contributed by atoms with Crippen molar-refractivity contribution in [1.29, 1.82) is 5.26 Å². The molecule has 3 nitrogen and oxygen atoms in total. The average Bonchev–Trinajstić information content (AvgIpc) is 2.41. The van der Waals surface area contributed by atoms with Crippen molar-refractivity contribution in [3.05, 3.63) is 29.3 Å². The van der Waals surface area contributed by atoms with Gasteiger partial charge in [-0.2, -0.15) is 5.26 Å². The normalized spacial score (nSPS) is 23.5. The molecular formula is C15H18N2O. The van der Waals surface area contributed by atoms with Gasteiger partial charge in [-0.15, -0.1) is 0 Å². The summed E-state index contributed by atoms with van der Waals surface area (Å²) in [5, 5.41) is 9.23. The van der Waals surface area contributed by atoms with E-state index in [-0.39, 0.29) is 0 Å². The molecular weight excluding hydrogens is 224 g/mol. The van der Waals surface area contributed by atoms with Crippen LogP contribution in [-0.4, -0.2) is 18.9 Å². The predicted molar refractivity (Wildman–Crippen MR) is 71.8 cm³/mol. The third kappa shape index (κ3) is 2.24. The fourth-order valence-corrected chi connectivity index (χ4v) is 2.64. The van der Waals surface area contributed by atoms with Crippen LogP contribution in [0.3, 0.4) is 0 Å². The molecule has 2 atom stereocenters. The Bertz CT molecular complexity index is 490. The Morgan fingerprint density at radius 3 is 2.89 bits per heavy atom. The molecule has 1 aromatic carbocycles. The number of hydrogen-bond acceptors (Lipinski definition) is 3. The van der Waals surface area contributed by atoms with Gasteiger partial charge >= 0.3 is 0 Å². The Kier molecular flexibility index (Phi) is 3.66. The first-order valence-corrected chi connectivity index (χ1v) is 6.43. The minimum Gasteiger partial charge on any atom is -0.367 e. The van der Waals surface area contributed by atoms with Gasteiger partial charge in [-0.05, 0) is 43.9 Å². The SMILES string of the molecule is CC1CCCN(c2ccc(C=O)cc2C#N)C1C. The molecule has 2 rings (SSSR count). The van der Waals surface area contributed by atoms with Gasteiger partial charge in [0.15, 0.2) is 0 Å². The second-order valence-electron chi connectivity index (χ2n) is 5.06. The number of nitrogens with zero attached hydrogens (tertiary/aromatic N) is 2. The van der Waals surface area contributed by atoms with Gasteiger partial charge in [0.05, 0.1) is 11.3 Å². The number of anilines is 1. The summed E-state index contributed by atoms with van der Waals surface area (Å²) in [6, 6.07) is 8.00. The third-order valence-corrected chi connectivity index (χ3v) is 3.96. The molecule has 0 radical (unpaired) electrons. The summed E-state index contributed by atoms with van der Waals surface area (Å²) in [6.07, 6.45) is 3.19. The first-order chi connectivity index (χ1) is 8.67. The van der Waals surface area contributed by atoms with Gasteiger partial charge in [-0.1, -0.05) is 6.92 Å². The number of aldehydes is 1. The minimum atomic E-state index is 0.438. The number of carbonyl (C=O) groups is 1. The summed E-state index contributed by atoms with van der Waals surface area (Å²) in [4.78, 5) is 13.0. The number of hydrogen-bond donors (Lipinski definition) is 0. The zero-order chi connectivity index (χ0) is 13.1. The lowest BCUT2D eigenvalue weighted by Crippen LogP contribution is -2.42. The van der Waals surface area contributed by atoms with Gasteiger partial charge in [-0.3, -0.25) is 4.79 Å². The summed E-state index contributed by atoms with van der Waals surface area (Å²) in [5.74, 6) is 0.635. The monoisotopic (exact) mass is 242 g/mol. The highest BCUT2D eigenvalue weighted by atomic mass is 16.1. The second kappa shape index (κ2) is 5.22. The summed E-state index contributed by atoms with van der Waals surface area (Å²) < 4.78 is 0. The van der Waals surface area contributed by atoms with Crippen LogP contribution in [0.4, 0.5) is 5.69 Å². The Hall–Kier alpha value is -1.82. The predicted octanol–water partition coefficient (Wildman–Crippen LogP) is 3.00. The molecule has 0 saturated carbocycles. The molecule has 0 amide bonds. The van der Waals surface area contributed by atoms with E-state index in [1.165, 1.54) is 6.42 Å². The van der Waals surface area contributed by atoms with Gasteiger partial charge in [-0.25, -0.2) is 0 Å². The van der Waals surface area contributed by atoms with Crippen LogP contribution in [0.1, 0.15) is 42.6 Å². The first-order valence-electron chi connectivity index (χ1n) is 6.43. The van der Waals surface area contributed by atoms with Crippen molar-refractivity contribution >= 4 is 12.0 Å². The van der Waals surface area contributed by atoms with Crippen LogP contribution in [0.15, 0.2) is 18.2 Å². The largest absolute Gasteiger partial charge is 0.367 e. The maximum atomic E-state index is 10.8. The van der Waals surface area contributed by atoms with Crippen molar-refractivity contribution in [3.63, 3.8) is 0 Å². The number of piperidine rings is 1. The van der Waals surface area contributed by atoms with Crippen LogP contribution in [0.25, 0.3) is 0 Å². The molecule has 0 aliphatic carbocycles. The van der Waals surface area contributed by atoms with E-state index in [4.69, 9.17) is 0 Å². The molecule has 1 aromatic rings. The summed E-state index contributed by atoms with van der Waals surface area (Å²) >= 11 is 0. The second-order valence-corrected chi connectivity index (χ2v) is 5.06. The van der Waals surface area contributed by atoms with Crippen LogP contribution in [-0.2, 0) is 0 Å². The number of rotatable bonds is 2. The standard InChI is InChI=1S/C15H18N2O/c1-11-4-3-7-17(12(11)2)15-6-5-13(10-18)8-14(15)9-16/h5-6,8,10-12H,3-4,7H2,1-2H3. The Labute approximate surface area is 108 Å². The van der Waals surface area contributed by atoms with Crippen molar-refractivity contribution in [2.75, 3.05) is 11.4 Å². The van der Waals surface area contributed by atoms with E-state index in [2.05, 4.69) is 24.8 Å². The molecule has 18 heavy (non-hydrogen) atoms. The molecule has 1 saturated heterocycles. The fourth-order valence-electron chi connectivity index (χ4n) is 2.64. The lowest BCUT2D eigenvalue weighted by atomic mass is 9.91. The van der Waals surface area contributed by atoms with Crippen LogP contribution in [0, 0.1) is 17.2 Å². The molecule has 0 N–H and O–H groups in total. The molecule has 1 heterocycles. The first kappa shape index (κ1) is 12.6. The van der Waals surface area contributed by atoms with E-state index >= 15 is 0 Å². The van der Waals surface area contributed by atoms with E-state index < -0.39 is 0 Å². The number of benzene rings is 1.